The smallest absolute Gasteiger partial charge is 0.238 e. The molecular formula is C40H23N5OS. The number of aromatic nitrogens is 5. The lowest BCUT2D eigenvalue weighted by atomic mass is 10.1. The van der Waals surface area contributed by atoms with Gasteiger partial charge in [-0.15, -0.1) is 11.3 Å². The van der Waals surface area contributed by atoms with Crippen LogP contribution in [0.4, 0.5) is 0 Å². The van der Waals surface area contributed by atoms with E-state index in [4.69, 9.17) is 24.4 Å². The van der Waals surface area contributed by atoms with E-state index in [1.165, 1.54) is 0 Å². The summed E-state index contributed by atoms with van der Waals surface area (Å²) >= 11 is 1.67. The van der Waals surface area contributed by atoms with Gasteiger partial charge in [0, 0.05) is 38.2 Å². The molecule has 0 N–H and O–H groups in total. The van der Waals surface area contributed by atoms with Gasteiger partial charge in [-0.1, -0.05) is 91.0 Å². The van der Waals surface area contributed by atoms with Crippen LogP contribution in [0, 0.1) is 0 Å². The molecule has 0 saturated heterocycles. The van der Waals surface area contributed by atoms with Crippen molar-refractivity contribution in [2.45, 2.75) is 0 Å². The van der Waals surface area contributed by atoms with Gasteiger partial charge in [0.15, 0.2) is 11.6 Å². The number of nitrogens with zero attached hydrogens (tertiary/aromatic N) is 5. The van der Waals surface area contributed by atoms with E-state index < -0.39 is 0 Å². The standard InChI is InChI=1S/C40H23N5OS/c1-2-10-24(11-3-1)39-41-31-21-19-26(23-36(31)47-39)38-42-37(25-18-20-30-29-14-6-9-17-34(29)46-35(30)22-25)43-40(44-38)45-32-15-7-4-12-27(32)28-13-5-8-16-33(28)45/h1-23H. The second-order valence-corrected chi connectivity index (χ2v) is 12.6. The maximum absolute atomic E-state index is 6.25. The molecule has 0 amide bonds. The van der Waals surface area contributed by atoms with E-state index in [2.05, 4.69) is 95.6 Å². The second kappa shape index (κ2) is 10.2. The molecule has 6 nitrogen and oxygen atoms in total. The van der Waals surface area contributed by atoms with Crippen molar-refractivity contribution in [1.82, 2.24) is 24.5 Å². The van der Waals surface area contributed by atoms with Crippen LogP contribution in [0.1, 0.15) is 0 Å². The zero-order valence-corrected chi connectivity index (χ0v) is 25.6. The summed E-state index contributed by atoms with van der Waals surface area (Å²) in [4.78, 5) is 20.3. The Morgan fingerprint density at radius 3 is 1.85 bits per heavy atom. The molecule has 4 aromatic heterocycles. The van der Waals surface area contributed by atoms with Gasteiger partial charge in [-0.25, -0.2) is 9.97 Å². The van der Waals surface area contributed by atoms with Gasteiger partial charge in [0.2, 0.25) is 5.95 Å². The first-order valence-corrected chi connectivity index (χ1v) is 16.2. The number of hydrogen-bond donors (Lipinski definition) is 0. The zero-order valence-electron chi connectivity index (χ0n) is 24.8. The van der Waals surface area contributed by atoms with E-state index in [1.54, 1.807) is 11.3 Å². The molecule has 220 valence electrons. The van der Waals surface area contributed by atoms with Gasteiger partial charge in [-0.05, 0) is 48.5 Å². The lowest BCUT2D eigenvalue weighted by molar-refractivity contribution is 0.669. The van der Waals surface area contributed by atoms with Crippen LogP contribution < -0.4 is 0 Å². The average Bonchev–Trinajstić information content (AvgIpc) is 3.83. The lowest BCUT2D eigenvalue weighted by Gasteiger charge is -2.11. The molecule has 0 saturated carbocycles. The van der Waals surface area contributed by atoms with Crippen molar-refractivity contribution in [3.63, 3.8) is 0 Å². The number of rotatable bonds is 4. The van der Waals surface area contributed by atoms with Crippen molar-refractivity contribution in [3.8, 4) is 39.3 Å². The Kier molecular flexibility index (Phi) is 5.64. The molecule has 0 atom stereocenters. The van der Waals surface area contributed by atoms with E-state index in [0.29, 0.717) is 17.6 Å². The molecule has 0 radical (unpaired) electrons. The largest absolute Gasteiger partial charge is 0.456 e. The van der Waals surface area contributed by atoms with Crippen molar-refractivity contribution in [3.05, 3.63) is 140 Å². The SMILES string of the molecule is c1ccc(-c2nc3ccc(-c4nc(-c5ccc6c(c5)oc5ccccc56)nc(-n5c6ccccc6c6ccccc65)n4)cc3s2)cc1. The maximum Gasteiger partial charge on any atom is 0.238 e. The summed E-state index contributed by atoms with van der Waals surface area (Å²) in [6, 6.07) is 47.6. The molecule has 10 rings (SSSR count). The molecule has 4 heterocycles. The first-order valence-electron chi connectivity index (χ1n) is 15.4. The van der Waals surface area contributed by atoms with Crippen molar-refractivity contribution < 1.29 is 4.42 Å². The van der Waals surface area contributed by atoms with Crippen LogP contribution in [0.3, 0.4) is 0 Å². The fraction of sp³-hybridized carbons (Fsp3) is 0. The van der Waals surface area contributed by atoms with Crippen LogP contribution >= 0.6 is 11.3 Å². The predicted molar refractivity (Wildman–Crippen MR) is 191 cm³/mol. The van der Waals surface area contributed by atoms with Crippen LogP contribution in [-0.2, 0) is 0 Å². The summed E-state index contributed by atoms with van der Waals surface area (Å²) in [5.74, 6) is 1.72. The van der Waals surface area contributed by atoms with E-state index in [-0.39, 0.29) is 0 Å². The Morgan fingerprint density at radius 2 is 1.09 bits per heavy atom. The highest BCUT2D eigenvalue weighted by molar-refractivity contribution is 7.21. The minimum atomic E-state index is 0.557. The quantitative estimate of drug-likeness (QED) is 0.196. The van der Waals surface area contributed by atoms with Crippen LogP contribution in [0.2, 0.25) is 0 Å². The highest BCUT2D eigenvalue weighted by Gasteiger charge is 2.19. The summed E-state index contributed by atoms with van der Waals surface area (Å²) in [6.07, 6.45) is 0. The molecule has 0 spiro atoms. The van der Waals surface area contributed by atoms with Crippen molar-refractivity contribution in [2.75, 3.05) is 0 Å². The highest BCUT2D eigenvalue weighted by atomic mass is 32.1. The summed E-state index contributed by atoms with van der Waals surface area (Å²) in [5.41, 5.74) is 7.53. The average molecular weight is 622 g/mol. The molecule has 0 aliphatic heterocycles. The van der Waals surface area contributed by atoms with Crippen LogP contribution in [-0.4, -0.2) is 24.5 Å². The number of benzene rings is 6. The molecule has 0 aliphatic carbocycles. The van der Waals surface area contributed by atoms with Gasteiger partial charge in [0.1, 0.15) is 16.2 Å². The van der Waals surface area contributed by atoms with Gasteiger partial charge in [-0.2, -0.15) is 9.97 Å². The fourth-order valence-electron chi connectivity index (χ4n) is 6.49. The topological polar surface area (TPSA) is 69.6 Å². The predicted octanol–water partition coefficient (Wildman–Crippen LogP) is 10.5. The fourth-order valence-corrected chi connectivity index (χ4v) is 7.50. The van der Waals surface area contributed by atoms with Gasteiger partial charge in [0.25, 0.3) is 0 Å². The Balaban J connectivity index is 1.21. The van der Waals surface area contributed by atoms with Gasteiger partial charge < -0.3 is 4.42 Å². The van der Waals surface area contributed by atoms with Crippen molar-refractivity contribution in [1.29, 1.82) is 0 Å². The van der Waals surface area contributed by atoms with E-state index in [1.807, 2.05) is 48.5 Å². The van der Waals surface area contributed by atoms with Gasteiger partial charge >= 0.3 is 0 Å². The van der Waals surface area contributed by atoms with Crippen LogP contribution in [0.25, 0.3) is 93.3 Å². The van der Waals surface area contributed by atoms with E-state index >= 15 is 0 Å². The number of thiazole rings is 1. The number of furan rings is 1. The molecular weight excluding hydrogens is 599 g/mol. The van der Waals surface area contributed by atoms with Gasteiger partial charge in [-0.3, -0.25) is 4.57 Å². The zero-order chi connectivity index (χ0) is 30.9. The molecule has 0 aliphatic rings. The molecule has 7 heteroatoms. The first-order chi connectivity index (χ1) is 23.3. The minimum absolute atomic E-state index is 0.557. The summed E-state index contributed by atoms with van der Waals surface area (Å²) in [6.45, 7) is 0. The van der Waals surface area contributed by atoms with E-state index in [9.17, 15) is 0 Å². The molecule has 47 heavy (non-hydrogen) atoms. The third-order valence-corrected chi connectivity index (χ3v) is 9.78. The monoisotopic (exact) mass is 621 g/mol. The Morgan fingerprint density at radius 1 is 0.468 bits per heavy atom. The van der Waals surface area contributed by atoms with E-state index in [0.717, 1.165) is 75.7 Å². The van der Waals surface area contributed by atoms with Gasteiger partial charge in [0.05, 0.1) is 21.3 Å². The minimum Gasteiger partial charge on any atom is -0.456 e. The molecule has 6 aromatic carbocycles. The molecule has 0 bridgehead atoms. The summed E-state index contributed by atoms with van der Waals surface area (Å²) < 4.78 is 9.46. The summed E-state index contributed by atoms with van der Waals surface area (Å²) in [5, 5.41) is 5.43. The normalized spacial score (nSPS) is 11.8. The third kappa shape index (κ3) is 4.17. The third-order valence-electron chi connectivity index (χ3n) is 8.71. The highest BCUT2D eigenvalue weighted by Crippen LogP contribution is 2.36. The number of fused-ring (bicyclic) bond motifs is 7. The number of para-hydroxylation sites is 3. The Bertz CT molecular complexity index is 2760. The van der Waals surface area contributed by atoms with Crippen molar-refractivity contribution in [2.24, 2.45) is 0 Å². The summed E-state index contributed by atoms with van der Waals surface area (Å²) in [7, 11) is 0. The second-order valence-electron chi connectivity index (χ2n) is 11.5. The molecule has 0 unspecified atom stereocenters. The number of hydrogen-bond acceptors (Lipinski definition) is 6. The van der Waals surface area contributed by atoms with Crippen LogP contribution in [0.15, 0.2) is 144 Å². The maximum atomic E-state index is 6.25. The van der Waals surface area contributed by atoms with Crippen LogP contribution in [0.5, 0.6) is 0 Å². The Hall–Kier alpha value is -6.18. The first kappa shape index (κ1) is 26.1. The lowest BCUT2D eigenvalue weighted by Crippen LogP contribution is -2.06. The molecule has 10 aromatic rings. The molecule has 0 fully saturated rings. The Labute approximate surface area is 272 Å². The van der Waals surface area contributed by atoms with Crippen molar-refractivity contribution >= 4 is 65.3 Å².